The molecule has 0 fully saturated rings. The van der Waals surface area contributed by atoms with E-state index >= 15 is 0 Å². The van der Waals surface area contributed by atoms with E-state index in [1.807, 2.05) is 32.6 Å². The maximum absolute atomic E-state index is 12.3. The van der Waals surface area contributed by atoms with Gasteiger partial charge in [0.1, 0.15) is 0 Å². The van der Waals surface area contributed by atoms with Gasteiger partial charge in [0.05, 0.1) is 5.75 Å². The van der Waals surface area contributed by atoms with Gasteiger partial charge in [-0.2, -0.15) is 0 Å². The number of carbonyl (C=O) groups excluding carboxylic acids is 1. The molecule has 1 aromatic rings. The van der Waals surface area contributed by atoms with Crippen LogP contribution < -0.4 is 5.69 Å². The van der Waals surface area contributed by atoms with Crippen LogP contribution in [0.5, 0.6) is 0 Å². The number of nitrogens with one attached hydrogen (secondary N) is 1. The topological polar surface area (TPSA) is 71.0 Å². The number of aromatic nitrogens is 3. The predicted molar refractivity (Wildman–Crippen MR) is 85.6 cm³/mol. The molecule has 0 atom stereocenters. The summed E-state index contributed by atoms with van der Waals surface area (Å²) in [5, 5.41) is 7.06. The number of unbranched alkanes of at least 4 members (excludes halogenated alkanes) is 1. The van der Waals surface area contributed by atoms with Gasteiger partial charge in [-0.05, 0) is 34.1 Å². The highest BCUT2D eigenvalue weighted by atomic mass is 32.2. The van der Waals surface area contributed by atoms with E-state index in [9.17, 15) is 9.59 Å². The van der Waals surface area contributed by atoms with E-state index in [4.69, 9.17) is 0 Å². The molecule has 0 aliphatic heterocycles. The van der Waals surface area contributed by atoms with Crippen molar-refractivity contribution in [3.63, 3.8) is 0 Å². The van der Waals surface area contributed by atoms with Crippen molar-refractivity contribution in [3.8, 4) is 0 Å². The van der Waals surface area contributed by atoms with Crippen molar-refractivity contribution in [1.82, 2.24) is 19.7 Å². The summed E-state index contributed by atoms with van der Waals surface area (Å²) in [5.41, 5.74) is -0.206. The summed E-state index contributed by atoms with van der Waals surface area (Å²) in [6.07, 6.45) is 1.93. The quantitative estimate of drug-likeness (QED) is 0.746. The molecule has 1 amide bonds. The molecule has 1 N–H and O–H groups in total. The van der Waals surface area contributed by atoms with Gasteiger partial charge in [-0.3, -0.25) is 9.36 Å². The second kappa shape index (κ2) is 8.26. The zero-order chi connectivity index (χ0) is 16.0. The third-order valence-electron chi connectivity index (χ3n) is 3.18. The summed E-state index contributed by atoms with van der Waals surface area (Å²) in [4.78, 5) is 25.8. The third kappa shape index (κ3) is 4.91. The highest BCUT2D eigenvalue weighted by Crippen LogP contribution is 2.16. The van der Waals surface area contributed by atoms with Crippen LogP contribution in [0.4, 0.5) is 0 Å². The first-order chi connectivity index (χ1) is 9.88. The molecule has 1 aromatic heterocycles. The molecule has 0 aliphatic carbocycles. The van der Waals surface area contributed by atoms with Crippen LogP contribution in [0.2, 0.25) is 0 Å². The normalized spacial score (nSPS) is 11.4. The molecule has 0 spiro atoms. The van der Waals surface area contributed by atoms with Gasteiger partial charge < -0.3 is 4.90 Å². The van der Waals surface area contributed by atoms with Crippen LogP contribution in [0.25, 0.3) is 0 Å². The number of rotatable bonds is 8. The van der Waals surface area contributed by atoms with Crippen molar-refractivity contribution in [2.75, 3.05) is 5.75 Å². The number of amides is 1. The number of H-pyrrole nitrogens is 1. The van der Waals surface area contributed by atoms with Gasteiger partial charge in [-0.1, -0.05) is 25.1 Å². The van der Waals surface area contributed by atoms with Crippen molar-refractivity contribution in [2.24, 2.45) is 0 Å². The highest BCUT2D eigenvalue weighted by molar-refractivity contribution is 7.99. The summed E-state index contributed by atoms with van der Waals surface area (Å²) < 4.78 is 1.61. The second-order valence-electron chi connectivity index (χ2n) is 5.59. The molecule has 0 saturated carbocycles. The molecule has 1 heterocycles. The van der Waals surface area contributed by atoms with E-state index in [-0.39, 0.29) is 23.7 Å². The molecule has 6 nitrogen and oxygen atoms in total. The van der Waals surface area contributed by atoms with Gasteiger partial charge >= 0.3 is 5.69 Å². The molecule has 0 aliphatic rings. The van der Waals surface area contributed by atoms with Crippen LogP contribution in [-0.2, 0) is 11.3 Å². The molecule has 7 heteroatoms. The molecular weight excluding hydrogens is 288 g/mol. The Morgan fingerprint density at radius 1 is 1.33 bits per heavy atom. The van der Waals surface area contributed by atoms with Crippen LogP contribution in [0.15, 0.2) is 9.95 Å². The Balaban J connectivity index is 2.70. The van der Waals surface area contributed by atoms with E-state index in [1.165, 1.54) is 11.8 Å². The highest BCUT2D eigenvalue weighted by Gasteiger charge is 2.21. The lowest BCUT2D eigenvalue weighted by Crippen LogP contribution is -2.43. The molecule has 0 aromatic carbocycles. The Morgan fingerprint density at radius 3 is 2.48 bits per heavy atom. The van der Waals surface area contributed by atoms with Gasteiger partial charge in [0.15, 0.2) is 5.16 Å². The Bertz CT molecular complexity index is 499. The van der Waals surface area contributed by atoms with E-state index in [1.54, 1.807) is 4.57 Å². The number of thioether (sulfide) groups is 1. The third-order valence-corrected chi connectivity index (χ3v) is 4.15. The maximum atomic E-state index is 12.3. The number of aromatic amines is 1. The summed E-state index contributed by atoms with van der Waals surface area (Å²) in [5.74, 6) is 0.370. The molecule has 1 rings (SSSR count). The first-order valence-corrected chi connectivity index (χ1v) is 8.46. The minimum atomic E-state index is -0.206. The smallest absolute Gasteiger partial charge is 0.337 e. The fourth-order valence-corrected chi connectivity index (χ4v) is 3.14. The van der Waals surface area contributed by atoms with Gasteiger partial charge in [0, 0.05) is 18.6 Å². The molecule has 0 radical (unpaired) electrons. The minimum Gasteiger partial charge on any atom is -0.337 e. The fourth-order valence-electron chi connectivity index (χ4n) is 2.30. The van der Waals surface area contributed by atoms with E-state index in [0.717, 1.165) is 12.8 Å². The largest absolute Gasteiger partial charge is 0.343 e. The SMILES string of the molecule is CCCCn1c(SCC(=O)N(C(C)C)C(C)C)n[nH]c1=O. The van der Waals surface area contributed by atoms with Crippen molar-refractivity contribution >= 4 is 17.7 Å². The van der Waals surface area contributed by atoms with Gasteiger partial charge in [0.25, 0.3) is 0 Å². The minimum absolute atomic E-state index is 0.0718. The number of hydrogen-bond acceptors (Lipinski definition) is 4. The predicted octanol–water partition coefficient (Wildman–Crippen LogP) is 2.11. The Kier molecular flexibility index (Phi) is 7.01. The van der Waals surface area contributed by atoms with E-state index in [0.29, 0.717) is 17.5 Å². The Morgan fingerprint density at radius 2 is 1.95 bits per heavy atom. The van der Waals surface area contributed by atoms with Crippen LogP contribution >= 0.6 is 11.8 Å². The molecule has 120 valence electrons. The zero-order valence-electron chi connectivity index (χ0n) is 13.5. The summed E-state index contributed by atoms with van der Waals surface area (Å²) in [7, 11) is 0. The molecule has 0 bridgehead atoms. The first-order valence-electron chi connectivity index (χ1n) is 7.47. The zero-order valence-corrected chi connectivity index (χ0v) is 14.4. The van der Waals surface area contributed by atoms with Crippen molar-refractivity contribution in [3.05, 3.63) is 10.5 Å². The van der Waals surface area contributed by atoms with Crippen molar-refractivity contribution < 1.29 is 4.79 Å². The lowest BCUT2D eigenvalue weighted by molar-refractivity contribution is -0.131. The summed E-state index contributed by atoms with van der Waals surface area (Å²) in [6, 6.07) is 0.333. The van der Waals surface area contributed by atoms with Crippen LogP contribution in [0.1, 0.15) is 47.5 Å². The molecular formula is C14H26N4O2S. The number of nitrogens with zero attached hydrogens (tertiary/aromatic N) is 3. The molecule has 0 unspecified atom stereocenters. The molecule has 21 heavy (non-hydrogen) atoms. The van der Waals surface area contributed by atoms with Crippen molar-refractivity contribution in [2.45, 2.75) is 71.2 Å². The Labute approximate surface area is 130 Å². The lowest BCUT2D eigenvalue weighted by atomic mass is 10.2. The fraction of sp³-hybridized carbons (Fsp3) is 0.786. The number of hydrogen-bond donors (Lipinski definition) is 1. The van der Waals surface area contributed by atoms with E-state index < -0.39 is 0 Å². The monoisotopic (exact) mass is 314 g/mol. The summed E-state index contributed by atoms with van der Waals surface area (Å²) in [6.45, 7) is 10.7. The lowest BCUT2D eigenvalue weighted by Gasteiger charge is -2.30. The van der Waals surface area contributed by atoms with Crippen LogP contribution in [0.3, 0.4) is 0 Å². The maximum Gasteiger partial charge on any atom is 0.343 e. The Hall–Kier alpha value is -1.24. The van der Waals surface area contributed by atoms with Gasteiger partial charge in [-0.15, -0.1) is 5.10 Å². The van der Waals surface area contributed by atoms with Crippen LogP contribution in [0, 0.1) is 0 Å². The number of carbonyl (C=O) groups is 1. The molecule has 0 saturated heterocycles. The summed E-state index contributed by atoms with van der Waals surface area (Å²) >= 11 is 1.32. The van der Waals surface area contributed by atoms with E-state index in [2.05, 4.69) is 17.1 Å². The standard InChI is InChI=1S/C14H26N4O2S/c1-6-7-8-17-13(20)15-16-14(17)21-9-12(19)18(10(2)3)11(4)5/h10-11H,6-9H2,1-5H3,(H,15,20). The van der Waals surface area contributed by atoms with Crippen molar-refractivity contribution in [1.29, 1.82) is 0 Å². The van der Waals surface area contributed by atoms with Crippen LogP contribution in [-0.4, -0.2) is 43.4 Å². The first kappa shape index (κ1) is 17.8. The second-order valence-corrected chi connectivity index (χ2v) is 6.54. The average Bonchev–Trinajstić information content (AvgIpc) is 2.73. The van der Waals surface area contributed by atoms with Gasteiger partial charge in [-0.25, -0.2) is 9.89 Å². The average molecular weight is 314 g/mol. The van der Waals surface area contributed by atoms with Gasteiger partial charge in [0.2, 0.25) is 5.91 Å².